The van der Waals surface area contributed by atoms with Gasteiger partial charge in [0.15, 0.2) is 12.0 Å². The molecule has 8 heteroatoms. The molecule has 22 heavy (non-hydrogen) atoms. The van der Waals surface area contributed by atoms with Gasteiger partial charge in [-0.2, -0.15) is 0 Å². The molecule has 0 spiro atoms. The summed E-state index contributed by atoms with van der Waals surface area (Å²) in [5.41, 5.74) is -0.391. The van der Waals surface area contributed by atoms with Crippen molar-refractivity contribution in [2.75, 3.05) is 19.8 Å². The lowest BCUT2D eigenvalue weighted by Gasteiger charge is -2.22. The van der Waals surface area contributed by atoms with Crippen molar-refractivity contribution >= 4 is 21.6 Å². The zero-order valence-corrected chi connectivity index (χ0v) is 13.5. The molecule has 1 atom stereocenters. The number of nitrogens with zero attached hydrogens (tertiary/aromatic N) is 1. The number of benzene rings is 1. The van der Waals surface area contributed by atoms with Gasteiger partial charge in [-0.25, -0.2) is 4.39 Å². The van der Waals surface area contributed by atoms with Crippen molar-refractivity contribution in [1.29, 1.82) is 0 Å². The quantitative estimate of drug-likeness (QED) is 0.410. The second kappa shape index (κ2) is 8.40. The molecule has 0 bridgehead atoms. The molecule has 0 aromatic heterocycles. The molecule has 0 N–H and O–H groups in total. The van der Waals surface area contributed by atoms with Crippen LogP contribution in [0.3, 0.4) is 0 Å². The third kappa shape index (κ3) is 4.89. The highest BCUT2D eigenvalue weighted by Crippen LogP contribution is 2.32. The highest BCUT2D eigenvalue weighted by molar-refractivity contribution is 9.10. The van der Waals surface area contributed by atoms with Crippen LogP contribution < -0.4 is 4.74 Å². The standard InChI is InChI=1S/C14H17BrFNO5/c15-10-8-13(12(17(18)19)9-11(10)16)20-6-3-7-22-14-4-1-2-5-21-14/h8-9,14H,1-7H2. The van der Waals surface area contributed by atoms with Gasteiger partial charge in [0.1, 0.15) is 5.82 Å². The topological polar surface area (TPSA) is 70.8 Å². The fourth-order valence-electron chi connectivity index (χ4n) is 2.07. The van der Waals surface area contributed by atoms with Gasteiger partial charge in [0.25, 0.3) is 0 Å². The first-order chi connectivity index (χ1) is 10.6. The van der Waals surface area contributed by atoms with E-state index in [1.807, 2.05) is 0 Å². The fraction of sp³-hybridized carbons (Fsp3) is 0.571. The minimum absolute atomic E-state index is 0.0344. The Hall–Kier alpha value is -1.25. The Balaban J connectivity index is 1.78. The Morgan fingerprint density at radius 1 is 1.41 bits per heavy atom. The van der Waals surface area contributed by atoms with E-state index in [1.54, 1.807) is 0 Å². The molecule has 1 heterocycles. The van der Waals surface area contributed by atoms with Crippen LogP contribution in [0.4, 0.5) is 10.1 Å². The summed E-state index contributed by atoms with van der Waals surface area (Å²) >= 11 is 2.99. The lowest BCUT2D eigenvalue weighted by Crippen LogP contribution is -2.23. The van der Waals surface area contributed by atoms with Crippen molar-refractivity contribution in [3.63, 3.8) is 0 Å². The maximum atomic E-state index is 13.3. The number of nitro groups is 1. The second-order valence-electron chi connectivity index (χ2n) is 4.86. The van der Waals surface area contributed by atoms with Crippen LogP contribution in [0.15, 0.2) is 16.6 Å². The number of ether oxygens (including phenoxy) is 3. The normalized spacial score (nSPS) is 18.2. The van der Waals surface area contributed by atoms with Gasteiger partial charge in [-0.05, 0) is 35.2 Å². The van der Waals surface area contributed by atoms with Gasteiger partial charge >= 0.3 is 5.69 Å². The summed E-state index contributed by atoms with van der Waals surface area (Å²) in [4.78, 5) is 10.2. The molecule has 0 radical (unpaired) electrons. The largest absolute Gasteiger partial charge is 0.487 e. The summed E-state index contributed by atoms with van der Waals surface area (Å²) in [5.74, 6) is -0.663. The first-order valence-corrected chi connectivity index (χ1v) is 7.86. The SMILES string of the molecule is O=[N+]([O-])c1cc(F)c(Br)cc1OCCCOC1CCCCO1. The number of hydrogen-bond acceptors (Lipinski definition) is 5. The minimum atomic E-state index is -0.697. The monoisotopic (exact) mass is 377 g/mol. The zero-order chi connectivity index (χ0) is 15.9. The Morgan fingerprint density at radius 3 is 2.91 bits per heavy atom. The van der Waals surface area contributed by atoms with E-state index in [2.05, 4.69) is 15.9 Å². The molecule has 1 aromatic rings. The van der Waals surface area contributed by atoms with Crippen molar-refractivity contribution in [3.8, 4) is 5.75 Å². The molecule has 2 rings (SSSR count). The lowest BCUT2D eigenvalue weighted by molar-refractivity contribution is -0.386. The van der Waals surface area contributed by atoms with E-state index in [0.29, 0.717) is 13.0 Å². The number of halogens is 2. The van der Waals surface area contributed by atoms with Gasteiger partial charge in [-0.1, -0.05) is 0 Å². The number of nitro benzene ring substituents is 1. The van der Waals surface area contributed by atoms with Crippen molar-refractivity contribution in [2.24, 2.45) is 0 Å². The summed E-state index contributed by atoms with van der Waals surface area (Å²) in [7, 11) is 0. The summed E-state index contributed by atoms with van der Waals surface area (Å²) < 4.78 is 29.8. The van der Waals surface area contributed by atoms with Crippen LogP contribution >= 0.6 is 15.9 Å². The van der Waals surface area contributed by atoms with Crippen LogP contribution in [0.2, 0.25) is 0 Å². The van der Waals surface area contributed by atoms with Crippen molar-refractivity contribution in [3.05, 3.63) is 32.5 Å². The molecular formula is C14H17BrFNO5. The first-order valence-electron chi connectivity index (χ1n) is 7.07. The summed E-state index contributed by atoms with van der Waals surface area (Å²) in [6.07, 6.45) is 3.44. The maximum Gasteiger partial charge on any atom is 0.313 e. The van der Waals surface area contributed by atoms with Crippen molar-refractivity contribution in [2.45, 2.75) is 32.0 Å². The lowest BCUT2D eigenvalue weighted by atomic mass is 10.2. The summed E-state index contributed by atoms with van der Waals surface area (Å²) in [6.45, 7) is 1.41. The Bertz CT molecular complexity index is 522. The van der Waals surface area contributed by atoms with E-state index in [4.69, 9.17) is 14.2 Å². The molecule has 1 saturated heterocycles. The molecule has 122 valence electrons. The zero-order valence-electron chi connectivity index (χ0n) is 11.9. The molecule has 1 aliphatic rings. The predicted octanol–water partition coefficient (Wildman–Crippen LogP) is 3.81. The Kier molecular flexibility index (Phi) is 6.53. The van der Waals surface area contributed by atoms with Gasteiger partial charge in [0.05, 0.1) is 28.7 Å². The molecule has 1 fully saturated rings. The fourth-order valence-corrected chi connectivity index (χ4v) is 2.40. The molecule has 0 amide bonds. The third-order valence-corrected chi connectivity index (χ3v) is 3.79. The van der Waals surface area contributed by atoms with Gasteiger partial charge in [0, 0.05) is 19.1 Å². The van der Waals surface area contributed by atoms with E-state index < -0.39 is 16.4 Å². The highest BCUT2D eigenvalue weighted by Gasteiger charge is 2.19. The van der Waals surface area contributed by atoms with Crippen LogP contribution in [0, 0.1) is 15.9 Å². The van der Waals surface area contributed by atoms with E-state index in [-0.39, 0.29) is 23.1 Å². The van der Waals surface area contributed by atoms with Gasteiger partial charge in [0.2, 0.25) is 0 Å². The minimum Gasteiger partial charge on any atom is -0.487 e. The highest BCUT2D eigenvalue weighted by atomic mass is 79.9. The average Bonchev–Trinajstić information content (AvgIpc) is 2.51. The van der Waals surface area contributed by atoms with E-state index in [0.717, 1.165) is 31.9 Å². The molecule has 6 nitrogen and oxygen atoms in total. The van der Waals surface area contributed by atoms with Crippen LogP contribution in [0.25, 0.3) is 0 Å². The Morgan fingerprint density at radius 2 is 2.23 bits per heavy atom. The van der Waals surface area contributed by atoms with Gasteiger partial charge < -0.3 is 14.2 Å². The molecule has 0 aliphatic carbocycles. The molecule has 1 unspecified atom stereocenters. The smallest absolute Gasteiger partial charge is 0.313 e. The van der Waals surface area contributed by atoms with Gasteiger partial charge in [-0.3, -0.25) is 10.1 Å². The van der Waals surface area contributed by atoms with E-state index in [1.165, 1.54) is 6.07 Å². The summed E-state index contributed by atoms with van der Waals surface area (Å²) in [5, 5.41) is 10.9. The van der Waals surface area contributed by atoms with Crippen LogP contribution in [-0.4, -0.2) is 31.0 Å². The molecule has 1 aromatic carbocycles. The second-order valence-corrected chi connectivity index (χ2v) is 5.71. The third-order valence-electron chi connectivity index (χ3n) is 3.19. The summed E-state index contributed by atoms with van der Waals surface area (Å²) in [6, 6.07) is 2.10. The predicted molar refractivity (Wildman–Crippen MR) is 80.4 cm³/mol. The number of hydrogen-bond donors (Lipinski definition) is 0. The maximum absolute atomic E-state index is 13.3. The molecular weight excluding hydrogens is 361 g/mol. The van der Waals surface area contributed by atoms with Crippen molar-refractivity contribution < 1.29 is 23.5 Å². The van der Waals surface area contributed by atoms with Crippen molar-refractivity contribution in [1.82, 2.24) is 0 Å². The van der Waals surface area contributed by atoms with Crippen LogP contribution in [0.1, 0.15) is 25.7 Å². The Labute approximate surface area is 135 Å². The van der Waals surface area contributed by atoms with E-state index in [9.17, 15) is 14.5 Å². The average molecular weight is 378 g/mol. The number of rotatable bonds is 7. The first kappa shape index (κ1) is 17.1. The van der Waals surface area contributed by atoms with Crippen LogP contribution in [-0.2, 0) is 9.47 Å². The van der Waals surface area contributed by atoms with E-state index >= 15 is 0 Å². The molecule has 0 saturated carbocycles. The molecule has 1 aliphatic heterocycles. The van der Waals surface area contributed by atoms with Crippen LogP contribution in [0.5, 0.6) is 5.75 Å². The van der Waals surface area contributed by atoms with Gasteiger partial charge in [-0.15, -0.1) is 0 Å².